The third kappa shape index (κ3) is 5.20. The third-order valence-electron chi connectivity index (χ3n) is 5.86. The molecule has 5 aromatic rings. The number of hydrogen-bond acceptors (Lipinski definition) is 5. The molecule has 0 atom stereocenters. The van der Waals surface area contributed by atoms with E-state index in [9.17, 15) is 16.8 Å². The second-order valence-corrected chi connectivity index (χ2v) is 12.1. The first-order valence-corrected chi connectivity index (χ1v) is 14.3. The molecule has 5 rings (SSSR count). The van der Waals surface area contributed by atoms with Gasteiger partial charge < -0.3 is 0 Å². The predicted molar refractivity (Wildman–Crippen MR) is 145 cm³/mol. The molecule has 2 N–H and O–H groups in total. The van der Waals surface area contributed by atoms with Crippen molar-refractivity contribution in [2.45, 2.75) is 23.6 Å². The van der Waals surface area contributed by atoms with Crippen molar-refractivity contribution in [2.75, 3.05) is 9.44 Å². The first kappa shape index (κ1) is 24.5. The number of nitrogens with zero attached hydrogens (tertiary/aromatic N) is 2. The van der Waals surface area contributed by atoms with Gasteiger partial charge in [-0.15, -0.1) is 0 Å². The Labute approximate surface area is 215 Å². The van der Waals surface area contributed by atoms with Crippen LogP contribution in [-0.2, 0) is 20.0 Å². The number of fused-ring (bicyclic) bond motifs is 1. The molecule has 8 nitrogen and oxygen atoms in total. The Hall–Kier alpha value is -4.15. The van der Waals surface area contributed by atoms with Gasteiger partial charge >= 0.3 is 0 Å². The number of rotatable bonds is 7. The highest BCUT2D eigenvalue weighted by atomic mass is 32.2. The van der Waals surface area contributed by atoms with Crippen molar-refractivity contribution in [1.29, 1.82) is 0 Å². The van der Waals surface area contributed by atoms with Crippen LogP contribution in [0.25, 0.3) is 16.7 Å². The largest absolute Gasteiger partial charge is 0.299 e. The first-order valence-electron chi connectivity index (χ1n) is 11.4. The second-order valence-electron chi connectivity index (χ2n) is 8.70. The Bertz CT molecular complexity index is 1790. The molecule has 0 radical (unpaired) electrons. The maximum atomic E-state index is 12.7. The van der Waals surface area contributed by atoms with Gasteiger partial charge in [0.25, 0.3) is 20.0 Å². The second kappa shape index (κ2) is 9.38. The molecular weight excluding hydrogens is 508 g/mol. The molecule has 1 aromatic heterocycles. The first-order chi connectivity index (χ1) is 17.6. The lowest BCUT2D eigenvalue weighted by molar-refractivity contribution is 0.599. The minimum absolute atomic E-state index is 0.182. The van der Waals surface area contributed by atoms with Crippen molar-refractivity contribution in [3.8, 4) is 5.69 Å². The maximum Gasteiger partial charge on any atom is 0.261 e. The van der Waals surface area contributed by atoms with E-state index < -0.39 is 20.0 Å². The molecule has 0 fully saturated rings. The van der Waals surface area contributed by atoms with Crippen LogP contribution >= 0.6 is 0 Å². The topological polar surface area (TPSA) is 110 Å². The number of anilines is 2. The van der Waals surface area contributed by atoms with Gasteiger partial charge in [0, 0.05) is 11.4 Å². The molecule has 0 saturated heterocycles. The molecular formula is C27H24N4O4S2. The molecule has 10 heteroatoms. The Kier molecular flexibility index (Phi) is 6.22. The van der Waals surface area contributed by atoms with Crippen LogP contribution in [0, 0.1) is 13.8 Å². The van der Waals surface area contributed by atoms with Gasteiger partial charge in [0.1, 0.15) is 6.33 Å². The summed E-state index contributed by atoms with van der Waals surface area (Å²) in [7, 11) is -7.43. The van der Waals surface area contributed by atoms with E-state index >= 15 is 0 Å². The molecule has 0 aliphatic rings. The van der Waals surface area contributed by atoms with E-state index in [2.05, 4.69) is 14.4 Å². The minimum Gasteiger partial charge on any atom is -0.299 e. The Morgan fingerprint density at radius 3 is 1.65 bits per heavy atom. The Morgan fingerprint density at radius 1 is 0.622 bits per heavy atom. The average Bonchev–Trinajstić information content (AvgIpc) is 3.28. The summed E-state index contributed by atoms with van der Waals surface area (Å²) in [5, 5.41) is 0. The number of imidazole rings is 1. The van der Waals surface area contributed by atoms with Crippen LogP contribution in [0.1, 0.15) is 11.1 Å². The number of aromatic nitrogens is 2. The summed E-state index contributed by atoms with van der Waals surface area (Å²) in [6.45, 7) is 3.79. The molecule has 1 heterocycles. The van der Waals surface area contributed by atoms with Crippen molar-refractivity contribution in [2.24, 2.45) is 0 Å². The summed E-state index contributed by atoms with van der Waals surface area (Å²) in [4.78, 5) is 4.79. The average molecular weight is 533 g/mol. The maximum absolute atomic E-state index is 12.7. The van der Waals surface area contributed by atoms with Crippen LogP contribution in [0.3, 0.4) is 0 Å². The fourth-order valence-electron chi connectivity index (χ4n) is 3.83. The fourth-order valence-corrected chi connectivity index (χ4v) is 5.94. The van der Waals surface area contributed by atoms with Gasteiger partial charge in [0.05, 0.1) is 26.5 Å². The molecule has 0 bridgehead atoms. The summed E-state index contributed by atoms with van der Waals surface area (Å²) in [6, 6.07) is 25.3. The SMILES string of the molecule is Cc1ccc(S(=O)(=O)Nc2ccc(-n3cnc4cc(NS(=O)(=O)c5ccc(C)cc5)ccc43)cc2)cc1. The van der Waals surface area contributed by atoms with Crippen LogP contribution in [0.5, 0.6) is 0 Å². The lowest BCUT2D eigenvalue weighted by Gasteiger charge is -2.11. The van der Waals surface area contributed by atoms with E-state index in [1.807, 2.05) is 18.4 Å². The highest BCUT2D eigenvalue weighted by Gasteiger charge is 2.16. The zero-order valence-corrected chi connectivity index (χ0v) is 21.7. The summed E-state index contributed by atoms with van der Waals surface area (Å²) in [5.41, 5.74) is 4.93. The van der Waals surface area contributed by atoms with Gasteiger partial charge in [0.2, 0.25) is 0 Å². The summed E-state index contributed by atoms with van der Waals surface area (Å²) >= 11 is 0. The van der Waals surface area contributed by atoms with E-state index in [-0.39, 0.29) is 9.79 Å². The van der Waals surface area contributed by atoms with Gasteiger partial charge in [-0.05, 0) is 80.6 Å². The van der Waals surface area contributed by atoms with Gasteiger partial charge in [0.15, 0.2) is 0 Å². The van der Waals surface area contributed by atoms with Crippen molar-refractivity contribution in [3.63, 3.8) is 0 Å². The number of hydrogen-bond donors (Lipinski definition) is 2. The zero-order valence-electron chi connectivity index (χ0n) is 20.1. The van der Waals surface area contributed by atoms with E-state index in [1.165, 1.54) is 0 Å². The predicted octanol–water partition coefficient (Wildman–Crippen LogP) is 5.24. The standard InChI is InChI=1S/C27H24N4O4S2/c1-19-3-12-24(13-4-19)36(32,33)29-21-7-10-23(11-8-21)31-18-28-26-17-22(9-16-27(26)31)30-37(34,35)25-14-5-20(2)6-15-25/h3-18,29-30H,1-2H3. The van der Waals surface area contributed by atoms with Gasteiger partial charge in [-0.1, -0.05) is 35.4 Å². The molecule has 188 valence electrons. The highest BCUT2D eigenvalue weighted by Crippen LogP contribution is 2.25. The molecule has 0 amide bonds. The Morgan fingerprint density at radius 2 is 1.11 bits per heavy atom. The normalized spacial score (nSPS) is 11.9. The van der Waals surface area contributed by atoms with Crippen LogP contribution in [0.15, 0.2) is 107 Å². The molecule has 0 aliphatic carbocycles. The molecule has 37 heavy (non-hydrogen) atoms. The number of benzene rings is 4. The van der Waals surface area contributed by atoms with Crippen molar-refractivity contribution < 1.29 is 16.8 Å². The van der Waals surface area contributed by atoms with Crippen LogP contribution in [0.2, 0.25) is 0 Å². The van der Waals surface area contributed by atoms with E-state index in [0.717, 1.165) is 22.3 Å². The molecule has 0 spiro atoms. The van der Waals surface area contributed by atoms with Crippen LogP contribution < -0.4 is 9.44 Å². The molecule has 0 aliphatic heterocycles. The van der Waals surface area contributed by atoms with Crippen molar-refractivity contribution in [3.05, 3.63) is 108 Å². The molecule has 0 saturated carbocycles. The molecule has 0 unspecified atom stereocenters. The van der Waals surface area contributed by atoms with E-state index in [0.29, 0.717) is 16.9 Å². The number of sulfonamides is 2. The number of aryl methyl sites for hydroxylation is 2. The summed E-state index contributed by atoms with van der Waals surface area (Å²) in [6.07, 6.45) is 1.63. The lowest BCUT2D eigenvalue weighted by Crippen LogP contribution is -2.13. The number of nitrogens with one attached hydrogen (secondary N) is 2. The monoisotopic (exact) mass is 532 g/mol. The van der Waals surface area contributed by atoms with Crippen molar-refractivity contribution >= 4 is 42.5 Å². The fraction of sp³-hybridized carbons (Fsp3) is 0.0741. The van der Waals surface area contributed by atoms with Gasteiger partial charge in [-0.3, -0.25) is 14.0 Å². The lowest BCUT2D eigenvalue weighted by atomic mass is 10.2. The van der Waals surface area contributed by atoms with Crippen LogP contribution in [0.4, 0.5) is 11.4 Å². The van der Waals surface area contributed by atoms with Gasteiger partial charge in [-0.25, -0.2) is 21.8 Å². The van der Waals surface area contributed by atoms with Crippen LogP contribution in [-0.4, -0.2) is 26.4 Å². The van der Waals surface area contributed by atoms with E-state index in [4.69, 9.17) is 0 Å². The summed E-state index contributed by atoms with van der Waals surface area (Å²) in [5.74, 6) is 0. The molecule has 4 aromatic carbocycles. The van der Waals surface area contributed by atoms with Crippen molar-refractivity contribution in [1.82, 2.24) is 9.55 Å². The minimum atomic E-state index is -3.73. The zero-order chi connectivity index (χ0) is 26.2. The third-order valence-corrected chi connectivity index (χ3v) is 8.65. The quantitative estimate of drug-likeness (QED) is 0.298. The Balaban J connectivity index is 1.35. The summed E-state index contributed by atoms with van der Waals surface area (Å²) < 4.78 is 57.8. The highest BCUT2D eigenvalue weighted by molar-refractivity contribution is 7.93. The van der Waals surface area contributed by atoms with E-state index in [1.54, 1.807) is 97.3 Å². The smallest absolute Gasteiger partial charge is 0.261 e. The van der Waals surface area contributed by atoms with Gasteiger partial charge in [-0.2, -0.15) is 0 Å².